The van der Waals surface area contributed by atoms with E-state index in [4.69, 9.17) is 0 Å². The summed E-state index contributed by atoms with van der Waals surface area (Å²) in [7, 11) is 0. The number of aryl methyl sites for hydroxylation is 1. The molecule has 0 saturated heterocycles. The van der Waals surface area contributed by atoms with E-state index in [2.05, 4.69) is 5.10 Å². The number of rotatable bonds is 3. The molecule has 0 fully saturated rings. The van der Waals surface area contributed by atoms with Crippen LogP contribution in [0.2, 0.25) is 0 Å². The molecule has 3 aromatic rings. The van der Waals surface area contributed by atoms with Crippen molar-refractivity contribution in [2.75, 3.05) is 0 Å². The first kappa shape index (κ1) is 14.2. The molecule has 0 aliphatic heterocycles. The van der Waals surface area contributed by atoms with Crippen molar-refractivity contribution in [1.82, 2.24) is 9.78 Å². The highest BCUT2D eigenvalue weighted by atomic mass is 19.1. The van der Waals surface area contributed by atoms with Crippen molar-refractivity contribution < 1.29 is 4.39 Å². The van der Waals surface area contributed by atoms with Crippen molar-refractivity contribution >= 4 is 0 Å². The number of nitrogens with zero attached hydrogens (tertiary/aromatic N) is 2. The van der Waals surface area contributed by atoms with Crippen LogP contribution < -0.4 is 5.56 Å². The highest BCUT2D eigenvalue weighted by molar-refractivity contribution is 5.57. The van der Waals surface area contributed by atoms with Gasteiger partial charge in [-0.25, -0.2) is 9.07 Å². The fraction of sp³-hybridized carbons (Fsp3) is 0.111. The molecular formula is C18H15FN2O. The van der Waals surface area contributed by atoms with E-state index in [-0.39, 0.29) is 11.4 Å². The van der Waals surface area contributed by atoms with E-state index in [1.54, 1.807) is 18.2 Å². The molecule has 0 aliphatic rings. The quantitative estimate of drug-likeness (QED) is 0.742. The Morgan fingerprint density at radius 2 is 1.82 bits per heavy atom. The van der Waals surface area contributed by atoms with E-state index in [0.29, 0.717) is 12.2 Å². The van der Waals surface area contributed by atoms with Gasteiger partial charge in [-0.2, -0.15) is 5.10 Å². The second kappa shape index (κ2) is 5.93. The van der Waals surface area contributed by atoms with E-state index < -0.39 is 0 Å². The number of benzene rings is 2. The summed E-state index contributed by atoms with van der Waals surface area (Å²) in [6, 6.07) is 17.2. The summed E-state index contributed by atoms with van der Waals surface area (Å²) in [5.41, 5.74) is 3.42. The molecule has 0 aliphatic carbocycles. The minimum Gasteiger partial charge on any atom is -0.268 e. The van der Waals surface area contributed by atoms with Gasteiger partial charge in [0.05, 0.1) is 12.2 Å². The van der Waals surface area contributed by atoms with Gasteiger partial charge in [0, 0.05) is 11.6 Å². The zero-order valence-corrected chi connectivity index (χ0v) is 12.2. The molecule has 0 radical (unpaired) electrons. The molecule has 3 nitrogen and oxygen atoms in total. The number of hydrogen-bond donors (Lipinski definition) is 0. The summed E-state index contributed by atoms with van der Waals surface area (Å²) < 4.78 is 14.4. The van der Waals surface area contributed by atoms with Crippen molar-refractivity contribution in [2.24, 2.45) is 0 Å². The van der Waals surface area contributed by atoms with Crippen LogP contribution in [0.25, 0.3) is 11.3 Å². The molecule has 0 unspecified atom stereocenters. The third-order valence-electron chi connectivity index (χ3n) is 3.42. The number of aromatic nitrogens is 2. The van der Waals surface area contributed by atoms with Crippen LogP contribution in [0.4, 0.5) is 4.39 Å². The van der Waals surface area contributed by atoms with Gasteiger partial charge >= 0.3 is 0 Å². The lowest BCUT2D eigenvalue weighted by Gasteiger charge is -2.08. The lowest BCUT2D eigenvalue weighted by molar-refractivity contribution is 0.627. The van der Waals surface area contributed by atoms with E-state index in [9.17, 15) is 9.18 Å². The maximum Gasteiger partial charge on any atom is 0.267 e. The largest absolute Gasteiger partial charge is 0.268 e. The summed E-state index contributed by atoms with van der Waals surface area (Å²) in [4.78, 5) is 12.0. The average molecular weight is 294 g/mol. The minimum atomic E-state index is -0.295. The third kappa shape index (κ3) is 3.11. The molecule has 110 valence electrons. The summed E-state index contributed by atoms with van der Waals surface area (Å²) in [6.45, 7) is 2.42. The molecule has 0 spiro atoms. The van der Waals surface area contributed by atoms with Crippen LogP contribution in [0.3, 0.4) is 0 Å². The van der Waals surface area contributed by atoms with Gasteiger partial charge < -0.3 is 0 Å². The van der Waals surface area contributed by atoms with Gasteiger partial charge in [-0.05, 0) is 42.8 Å². The van der Waals surface area contributed by atoms with Gasteiger partial charge in [-0.3, -0.25) is 4.79 Å². The van der Waals surface area contributed by atoms with E-state index >= 15 is 0 Å². The summed E-state index contributed by atoms with van der Waals surface area (Å²) in [5, 5.41) is 4.38. The Balaban J connectivity index is 1.96. The molecule has 1 heterocycles. The van der Waals surface area contributed by atoms with Gasteiger partial charge in [-0.1, -0.05) is 29.8 Å². The monoisotopic (exact) mass is 294 g/mol. The molecule has 22 heavy (non-hydrogen) atoms. The Hall–Kier alpha value is -2.75. The van der Waals surface area contributed by atoms with Crippen molar-refractivity contribution in [3.63, 3.8) is 0 Å². The van der Waals surface area contributed by atoms with E-state index in [0.717, 1.165) is 16.7 Å². The molecular weight excluding hydrogens is 279 g/mol. The molecule has 0 N–H and O–H groups in total. The normalized spacial score (nSPS) is 10.6. The third-order valence-corrected chi connectivity index (χ3v) is 3.42. The second-order valence-corrected chi connectivity index (χ2v) is 5.21. The number of hydrogen-bond acceptors (Lipinski definition) is 2. The Morgan fingerprint density at radius 1 is 1.05 bits per heavy atom. The molecule has 0 bridgehead atoms. The van der Waals surface area contributed by atoms with Gasteiger partial charge in [0.25, 0.3) is 5.56 Å². The molecule has 3 rings (SSSR count). The van der Waals surface area contributed by atoms with E-state index in [1.807, 2.05) is 31.2 Å². The lowest BCUT2D eigenvalue weighted by Crippen LogP contribution is -2.22. The summed E-state index contributed by atoms with van der Waals surface area (Å²) in [6.07, 6.45) is 0. The molecule has 4 heteroatoms. The summed E-state index contributed by atoms with van der Waals surface area (Å²) in [5.74, 6) is -0.295. The molecule has 2 aromatic carbocycles. The molecule has 0 amide bonds. The van der Waals surface area contributed by atoms with Crippen LogP contribution in [-0.2, 0) is 6.54 Å². The minimum absolute atomic E-state index is 0.160. The Bertz CT molecular complexity index is 853. The summed E-state index contributed by atoms with van der Waals surface area (Å²) >= 11 is 0. The first-order chi connectivity index (χ1) is 10.6. The lowest BCUT2D eigenvalue weighted by atomic mass is 10.1. The predicted octanol–water partition coefficient (Wildman–Crippen LogP) is 3.41. The maximum absolute atomic E-state index is 13.0. The van der Waals surface area contributed by atoms with Crippen LogP contribution in [-0.4, -0.2) is 9.78 Å². The standard InChI is InChI=1S/C18H15FN2O/c1-13-3-2-4-14(11-13)12-21-18(22)10-9-17(20-21)15-5-7-16(19)8-6-15/h2-11H,12H2,1H3. The van der Waals surface area contributed by atoms with Gasteiger partial charge in [0.1, 0.15) is 5.82 Å². The Kier molecular flexibility index (Phi) is 3.83. The van der Waals surface area contributed by atoms with Gasteiger partial charge in [0.15, 0.2) is 0 Å². The smallest absolute Gasteiger partial charge is 0.267 e. The van der Waals surface area contributed by atoms with E-state index in [1.165, 1.54) is 22.9 Å². The van der Waals surface area contributed by atoms with Crippen LogP contribution in [0.1, 0.15) is 11.1 Å². The van der Waals surface area contributed by atoms with Gasteiger partial charge in [0.2, 0.25) is 0 Å². The fourth-order valence-electron chi connectivity index (χ4n) is 2.32. The highest BCUT2D eigenvalue weighted by Gasteiger charge is 2.05. The zero-order chi connectivity index (χ0) is 15.5. The zero-order valence-electron chi connectivity index (χ0n) is 12.2. The van der Waals surface area contributed by atoms with Crippen molar-refractivity contribution in [3.05, 3.63) is 88.0 Å². The first-order valence-corrected chi connectivity index (χ1v) is 7.01. The average Bonchev–Trinajstić information content (AvgIpc) is 2.50. The molecule has 1 aromatic heterocycles. The fourth-order valence-corrected chi connectivity index (χ4v) is 2.32. The van der Waals surface area contributed by atoms with Crippen molar-refractivity contribution in [1.29, 1.82) is 0 Å². The number of halogens is 1. The van der Waals surface area contributed by atoms with Gasteiger partial charge in [-0.15, -0.1) is 0 Å². The Labute approximate surface area is 127 Å². The van der Waals surface area contributed by atoms with Crippen molar-refractivity contribution in [2.45, 2.75) is 13.5 Å². The second-order valence-electron chi connectivity index (χ2n) is 5.21. The first-order valence-electron chi connectivity index (χ1n) is 7.01. The Morgan fingerprint density at radius 3 is 2.55 bits per heavy atom. The van der Waals surface area contributed by atoms with Crippen molar-refractivity contribution in [3.8, 4) is 11.3 Å². The van der Waals surface area contributed by atoms with Crippen LogP contribution in [0, 0.1) is 12.7 Å². The maximum atomic E-state index is 13.0. The molecule has 0 saturated carbocycles. The SMILES string of the molecule is Cc1cccc(Cn2nc(-c3ccc(F)cc3)ccc2=O)c1. The predicted molar refractivity (Wildman–Crippen MR) is 84.2 cm³/mol. The molecule has 0 atom stereocenters. The highest BCUT2D eigenvalue weighted by Crippen LogP contribution is 2.16. The van der Waals surface area contributed by atoms with Crippen LogP contribution in [0.15, 0.2) is 65.5 Å². The topological polar surface area (TPSA) is 34.9 Å². The van der Waals surface area contributed by atoms with Crippen LogP contribution in [0.5, 0.6) is 0 Å². The van der Waals surface area contributed by atoms with Crippen LogP contribution >= 0.6 is 0 Å².